The molecule has 0 saturated heterocycles. The molecule has 3 aromatic rings. The van der Waals surface area contributed by atoms with Crippen LogP contribution >= 0.6 is 0 Å². The van der Waals surface area contributed by atoms with E-state index >= 15 is 0 Å². The van der Waals surface area contributed by atoms with Gasteiger partial charge in [0.05, 0.1) is 0 Å². The van der Waals surface area contributed by atoms with Crippen LogP contribution in [0.1, 0.15) is 16.1 Å². The highest BCUT2D eigenvalue weighted by Gasteiger charge is 2.17. The topological polar surface area (TPSA) is 144 Å². The van der Waals surface area contributed by atoms with Crippen LogP contribution in [-0.4, -0.2) is 32.2 Å². The number of rotatable bonds is 4. The van der Waals surface area contributed by atoms with Gasteiger partial charge in [-0.2, -0.15) is 0 Å². The number of urea groups is 1. The summed E-state index contributed by atoms with van der Waals surface area (Å²) in [4.78, 5) is 41.1. The van der Waals surface area contributed by atoms with Gasteiger partial charge >= 0.3 is 12.0 Å². The van der Waals surface area contributed by atoms with Gasteiger partial charge in [-0.25, -0.2) is 14.6 Å². The molecule has 0 aliphatic rings. The number of nitrogens with one attached hydrogen (secondary N) is 3. The van der Waals surface area contributed by atoms with Crippen molar-refractivity contribution in [2.24, 2.45) is 0 Å². The zero-order valence-corrected chi connectivity index (χ0v) is 14.7. The molecule has 0 bridgehead atoms. The summed E-state index contributed by atoms with van der Waals surface area (Å²) in [6.07, 6.45) is 0. The highest BCUT2D eigenvalue weighted by Crippen LogP contribution is 2.21. The summed E-state index contributed by atoms with van der Waals surface area (Å²) in [5, 5.41) is 23.9. The van der Waals surface area contributed by atoms with Crippen LogP contribution in [0.3, 0.4) is 0 Å². The molecule has 0 radical (unpaired) electrons. The third-order valence-corrected chi connectivity index (χ3v) is 3.77. The van der Waals surface area contributed by atoms with E-state index in [1.807, 2.05) is 25.1 Å². The van der Waals surface area contributed by atoms with E-state index in [1.54, 1.807) is 24.3 Å². The summed E-state index contributed by atoms with van der Waals surface area (Å²) < 4.78 is 0. The molecule has 3 rings (SSSR count). The minimum absolute atomic E-state index is 0.0528. The number of aryl methyl sites for hydroxylation is 1. The molecule has 28 heavy (non-hydrogen) atoms. The molecule has 2 amide bonds. The molecule has 5 N–H and O–H groups in total. The largest absolute Gasteiger partial charge is 0.501 e. The molecule has 0 aliphatic carbocycles. The smallest absolute Gasteiger partial charge is 0.358 e. The predicted molar refractivity (Wildman–Crippen MR) is 103 cm³/mol. The second-order valence-corrected chi connectivity index (χ2v) is 5.95. The lowest BCUT2D eigenvalue weighted by molar-refractivity contribution is 0.0686. The molecule has 1 aromatic heterocycles. The Kier molecular flexibility index (Phi) is 5.07. The number of carbonyl (C=O) groups excluding carboxylic acids is 1. The van der Waals surface area contributed by atoms with Crippen molar-refractivity contribution >= 4 is 23.4 Å². The van der Waals surface area contributed by atoms with Gasteiger partial charge in [0.1, 0.15) is 5.82 Å². The number of carboxylic acids is 1. The molecule has 0 spiro atoms. The lowest BCUT2D eigenvalue weighted by atomic mass is 10.2. The Labute approximate surface area is 158 Å². The summed E-state index contributed by atoms with van der Waals surface area (Å²) in [6.45, 7) is 1.91. The highest BCUT2D eigenvalue weighted by molar-refractivity contribution is 6.00. The van der Waals surface area contributed by atoms with Gasteiger partial charge in [0.25, 0.3) is 5.56 Å². The fourth-order valence-corrected chi connectivity index (χ4v) is 2.51. The number of hydrogen-bond donors (Lipinski definition) is 5. The maximum Gasteiger partial charge on any atom is 0.358 e. The maximum atomic E-state index is 12.2. The van der Waals surface area contributed by atoms with Crippen molar-refractivity contribution in [3.05, 3.63) is 70.1 Å². The van der Waals surface area contributed by atoms with E-state index in [0.29, 0.717) is 16.9 Å². The summed E-state index contributed by atoms with van der Waals surface area (Å²) in [5.74, 6) is -2.55. The van der Waals surface area contributed by atoms with E-state index in [9.17, 15) is 19.5 Å². The van der Waals surface area contributed by atoms with Crippen LogP contribution < -0.4 is 16.2 Å². The van der Waals surface area contributed by atoms with Gasteiger partial charge in [-0.3, -0.25) is 4.79 Å². The molecule has 0 fully saturated rings. The summed E-state index contributed by atoms with van der Waals surface area (Å²) in [5.41, 5.74) is 0.649. The van der Waals surface area contributed by atoms with E-state index in [4.69, 9.17) is 5.11 Å². The molecule has 142 valence electrons. The normalized spacial score (nSPS) is 10.3. The van der Waals surface area contributed by atoms with Crippen LogP contribution in [0.25, 0.3) is 11.4 Å². The van der Waals surface area contributed by atoms with Gasteiger partial charge in [-0.1, -0.05) is 24.3 Å². The number of aromatic carboxylic acids is 1. The maximum absolute atomic E-state index is 12.2. The Bertz CT molecular complexity index is 1120. The van der Waals surface area contributed by atoms with Crippen molar-refractivity contribution in [1.82, 2.24) is 9.97 Å². The zero-order valence-electron chi connectivity index (χ0n) is 14.7. The molecule has 0 atom stereocenters. The van der Waals surface area contributed by atoms with Crippen molar-refractivity contribution in [2.45, 2.75) is 6.92 Å². The summed E-state index contributed by atoms with van der Waals surface area (Å²) in [6, 6.07) is 13.1. The Morgan fingerprint density at radius 3 is 2.32 bits per heavy atom. The quantitative estimate of drug-likeness (QED) is 0.471. The van der Waals surface area contributed by atoms with Crippen molar-refractivity contribution in [2.75, 3.05) is 10.6 Å². The number of carboxylic acid groups (broad SMARTS) is 1. The second kappa shape index (κ2) is 7.62. The third-order valence-electron chi connectivity index (χ3n) is 3.77. The first-order valence-corrected chi connectivity index (χ1v) is 8.15. The first-order chi connectivity index (χ1) is 13.3. The van der Waals surface area contributed by atoms with Gasteiger partial charge in [0.2, 0.25) is 5.75 Å². The molecule has 1 heterocycles. The van der Waals surface area contributed by atoms with E-state index in [2.05, 4.69) is 20.6 Å². The zero-order chi connectivity index (χ0) is 20.3. The highest BCUT2D eigenvalue weighted by atomic mass is 16.4. The Morgan fingerprint density at radius 1 is 1.04 bits per heavy atom. The number of aromatic hydroxyl groups is 1. The van der Waals surface area contributed by atoms with Gasteiger partial charge in [-0.05, 0) is 36.8 Å². The monoisotopic (exact) mass is 380 g/mol. The lowest BCUT2D eigenvalue weighted by Crippen LogP contribution is -2.19. The lowest BCUT2D eigenvalue weighted by Gasteiger charge is -2.10. The molecule has 9 heteroatoms. The standard InChI is InChI=1S/C19H16N4O5/c1-10-4-2-6-12(8-10)20-19(28)21-13-7-3-5-11(9-13)16-22-14(18(26)27)15(24)17(25)23-16/h2-9,24H,1H3,(H,26,27)(H2,20,21,28)(H,22,23,25). The van der Waals surface area contributed by atoms with E-state index < -0.39 is 29.0 Å². The van der Waals surface area contributed by atoms with Crippen LogP contribution in [0.5, 0.6) is 5.75 Å². The van der Waals surface area contributed by atoms with Gasteiger partial charge < -0.3 is 25.8 Å². The molecule has 0 saturated carbocycles. The van der Waals surface area contributed by atoms with Crippen molar-refractivity contribution < 1.29 is 19.8 Å². The number of nitrogens with zero attached hydrogens (tertiary/aromatic N) is 1. The Morgan fingerprint density at radius 2 is 1.68 bits per heavy atom. The molecule has 9 nitrogen and oxygen atoms in total. The van der Waals surface area contributed by atoms with Crippen molar-refractivity contribution in [1.29, 1.82) is 0 Å². The van der Waals surface area contributed by atoms with Crippen LogP contribution in [0, 0.1) is 6.92 Å². The van der Waals surface area contributed by atoms with Crippen LogP contribution in [0.4, 0.5) is 16.2 Å². The predicted octanol–water partition coefficient (Wildman–Crippen LogP) is 2.79. The average Bonchev–Trinajstić information content (AvgIpc) is 2.63. The minimum atomic E-state index is -1.53. The van der Waals surface area contributed by atoms with E-state index in [0.717, 1.165) is 5.56 Å². The van der Waals surface area contributed by atoms with Gasteiger partial charge in [0, 0.05) is 16.9 Å². The first kappa shape index (κ1) is 18.6. The van der Waals surface area contributed by atoms with Crippen LogP contribution in [0.15, 0.2) is 53.3 Å². The van der Waals surface area contributed by atoms with Crippen molar-refractivity contribution in [3.8, 4) is 17.1 Å². The Hall–Kier alpha value is -4.14. The van der Waals surface area contributed by atoms with Gasteiger partial charge in [-0.15, -0.1) is 0 Å². The molecule has 0 unspecified atom stereocenters. The SMILES string of the molecule is Cc1cccc(NC(=O)Nc2cccc(-c3nc(C(=O)O)c(O)c(=O)[nH]3)c2)c1. The number of carbonyl (C=O) groups is 2. The number of aromatic amines is 1. The van der Waals surface area contributed by atoms with Gasteiger partial charge in [0.15, 0.2) is 5.69 Å². The first-order valence-electron chi connectivity index (χ1n) is 8.15. The number of amides is 2. The second-order valence-electron chi connectivity index (χ2n) is 5.95. The summed E-state index contributed by atoms with van der Waals surface area (Å²) >= 11 is 0. The Balaban J connectivity index is 1.84. The molecule has 2 aromatic carbocycles. The van der Waals surface area contributed by atoms with E-state index in [1.165, 1.54) is 6.07 Å². The molecule has 0 aliphatic heterocycles. The summed E-state index contributed by atoms with van der Waals surface area (Å²) in [7, 11) is 0. The average molecular weight is 380 g/mol. The van der Waals surface area contributed by atoms with Crippen LogP contribution in [-0.2, 0) is 0 Å². The number of hydrogen-bond acceptors (Lipinski definition) is 5. The van der Waals surface area contributed by atoms with Crippen molar-refractivity contribution in [3.63, 3.8) is 0 Å². The number of anilines is 2. The number of H-pyrrole nitrogens is 1. The fraction of sp³-hybridized carbons (Fsp3) is 0.0526. The minimum Gasteiger partial charge on any atom is -0.501 e. The van der Waals surface area contributed by atoms with Crippen LogP contribution in [0.2, 0.25) is 0 Å². The number of benzene rings is 2. The number of aromatic nitrogens is 2. The van der Waals surface area contributed by atoms with E-state index in [-0.39, 0.29) is 5.82 Å². The molecular weight excluding hydrogens is 364 g/mol. The third kappa shape index (κ3) is 4.15. The fourth-order valence-electron chi connectivity index (χ4n) is 2.51. The molecular formula is C19H16N4O5.